The molecule has 0 saturated heterocycles. The molecule has 0 spiro atoms. The van der Waals surface area contributed by atoms with Crippen LogP contribution in [-0.4, -0.2) is 23.3 Å². The number of benzene rings is 1. The summed E-state index contributed by atoms with van der Waals surface area (Å²) < 4.78 is 5.80. The Hall–Kier alpha value is -2.97. The van der Waals surface area contributed by atoms with E-state index in [0.717, 1.165) is 11.0 Å². The minimum atomic E-state index is -0.129. The number of anilines is 1. The van der Waals surface area contributed by atoms with Crippen molar-refractivity contribution in [3.8, 4) is 11.5 Å². The van der Waals surface area contributed by atoms with Gasteiger partial charge in [-0.25, -0.2) is 4.98 Å². The molecule has 8 heteroatoms. The zero-order chi connectivity index (χ0) is 19.3. The fraction of sp³-hybridized carbons (Fsp3) is 0.150. The number of carbonyl (C=O) groups excluding carboxylic acids is 2. The number of nitrogens with zero attached hydrogens (tertiary/aromatic N) is 1. The first-order chi connectivity index (χ1) is 13.7. The van der Waals surface area contributed by atoms with Crippen LogP contribution in [0.15, 0.2) is 57.0 Å². The maximum absolute atomic E-state index is 12.1. The van der Waals surface area contributed by atoms with E-state index in [9.17, 15) is 9.59 Å². The van der Waals surface area contributed by atoms with Crippen LogP contribution < -0.4 is 10.6 Å². The Morgan fingerprint density at radius 1 is 1.14 bits per heavy atom. The Balaban J connectivity index is 1.26. The van der Waals surface area contributed by atoms with Crippen molar-refractivity contribution in [3.05, 3.63) is 58.1 Å². The number of fused-ring (bicyclic) bond motifs is 1. The van der Waals surface area contributed by atoms with Crippen LogP contribution >= 0.6 is 22.7 Å². The van der Waals surface area contributed by atoms with Crippen LogP contribution in [-0.2, 0) is 4.79 Å². The van der Waals surface area contributed by atoms with Gasteiger partial charge in [-0.1, -0.05) is 18.2 Å². The van der Waals surface area contributed by atoms with Gasteiger partial charge in [-0.05, 0) is 30.0 Å². The highest BCUT2D eigenvalue weighted by Gasteiger charge is 2.12. The number of hydrogen-bond acceptors (Lipinski definition) is 6. The van der Waals surface area contributed by atoms with Gasteiger partial charge in [0.05, 0.1) is 0 Å². The molecule has 142 valence electrons. The Kier molecular flexibility index (Phi) is 5.50. The molecule has 2 amide bonds. The number of hydrogen-bond donors (Lipinski definition) is 2. The van der Waals surface area contributed by atoms with Crippen LogP contribution in [0.3, 0.4) is 0 Å². The van der Waals surface area contributed by atoms with E-state index in [2.05, 4.69) is 15.6 Å². The molecule has 0 saturated carbocycles. The number of thiophene rings is 1. The fourth-order valence-corrected chi connectivity index (χ4v) is 4.03. The van der Waals surface area contributed by atoms with Gasteiger partial charge < -0.3 is 15.1 Å². The van der Waals surface area contributed by atoms with Crippen LogP contribution in [0.25, 0.3) is 22.4 Å². The molecule has 3 aromatic heterocycles. The molecular formula is C20H17N3O3S2. The van der Waals surface area contributed by atoms with Crippen LogP contribution in [0.1, 0.15) is 23.2 Å². The number of carbonyl (C=O) groups is 2. The number of rotatable bonds is 7. The predicted octanol–water partition coefficient (Wildman–Crippen LogP) is 4.77. The number of para-hydroxylation sites is 1. The van der Waals surface area contributed by atoms with E-state index < -0.39 is 0 Å². The van der Waals surface area contributed by atoms with Crippen LogP contribution in [0.2, 0.25) is 0 Å². The lowest BCUT2D eigenvalue weighted by atomic mass is 10.2. The van der Waals surface area contributed by atoms with Gasteiger partial charge in [0.15, 0.2) is 10.9 Å². The number of nitrogens with one attached hydrogen (secondary N) is 2. The Labute approximate surface area is 169 Å². The van der Waals surface area contributed by atoms with Gasteiger partial charge in [0.1, 0.15) is 11.3 Å². The lowest BCUT2D eigenvalue weighted by Gasteiger charge is -2.04. The van der Waals surface area contributed by atoms with Gasteiger partial charge in [0.2, 0.25) is 5.91 Å². The van der Waals surface area contributed by atoms with E-state index in [1.807, 2.05) is 41.1 Å². The second-order valence-corrected chi connectivity index (χ2v) is 7.74. The molecule has 2 N–H and O–H groups in total. The van der Waals surface area contributed by atoms with E-state index in [1.165, 1.54) is 22.7 Å². The molecule has 0 radical (unpaired) electrons. The maximum Gasteiger partial charge on any atom is 0.252 e. The molecule has 0 aliphatic heterocycles. The van der Waals surface area contributed by atoms with E-state index in [1.54, 1.807) is 11.4 Å². The maximum atomic E-state index is 12.1. The second kappa shape index (κ2) is 8.37. The molecule has 6 nitrogen and oxygen atoms in total. The van der Waals surface area contributed by atoms with Crippen molar-refractivity contribution in [2.75, 3.05) is 11.9 Å². The van der Waals surface area contributed by atoms with Crippen molar-refractivity contribution < 1.29 is 14.0 Å². The number of furan rings is 1. The largest absolute Gasteiger partial charge is 0.454 e. The van der Waals surface area contributed by atoms with Crippen molar-refractivity contribution in [2.45, 2.75) is 12.8 Å². The Bertz CT molecular complexity index is 1070. The first-order valence-corrected chi connectivity index (χ1v) is 10.6. The number of amides is 2. The molecule has 0 fully saturated rings. The van der Waals surface area contributed by atoms with Crippen molar-refractivity contribution in [2.24, 2.45) is 0 Å². The van der Waals surface area contributed by atoms with Gasteiger partial charge in [-0.15, -0.1) is 11.3 Å². The number of aromatic nitrogens is 1. The van der Waals surface area contributed by atoms with Crippen molar-refractivity contribution in [3.63, 3.8) is 0 Å². The first kappa shape index (κ1) is 18.4. The van der Waals surface area contributed by atoms with E-state index >= 15 is 0 Å². The summed E-state index contributed by atoms with van der Waals surface area (Å²) in [6.07, 6.45) is 0.868. The first-order valence-electron chi connectivity index (χ1n) is 8.74. The predicted molar refractivity (Wildman–Crippen MR) is 112 cm³/mol. The van der Waals surface area contributed by atoms with Crippen molar-refractivity contribution >= 4 is 50.6 Å². The summed E-state index contributed by atoms with van der Waals surface area (Å²) in [6, 6.07) is 11.5. The lowest BCUT2D eigenvalue weighted by molar-refractivity contribution is -0.116. The molecule has 0 aliphatic carbocycles. The van der Waals surface area contributed by atoms with E-state index in [4.69, 9.17) is 4.42 Å². The average molecular weight is 412 g/mol. The molecule has 0 aliphatic rings. The zero-order valence-electron chi connectivity index (χ0n) is 14.8. The Morgan fingerprint density at radius 2 is 2.04 bits per heavy atom. The van der Waals surface area contributed by atoms with Crippen LogP contribution in [0.4, 0.5) is 5.13 Å². The molecular weight excluding hydrogens is 394 g/mol. The van der Waals surface area contributed by atoms with Gasteiger partial charge >= 0.3 is 0 Å². The second-order valence-electron chi connectivity index (χ2n) is 6.11. The summed E-state index contributed by atoms with van der Waals surface area (Å²) >= 11 is 2.83. The molecule has 4 aromatic rings. The monoisotopic (exact) mass is 411 g/mol. The third-order valence-electron chi connectivity index (χ3n) is 4.08. The highest BCUT2D eigenvalue weighted by atomic mass is 32.1. The third kappa shape index (κ3) is 4.29. The van der Waals surface area contributed by atoms with Gasteiger partial charge in [-0.3, -0.25) is 9.59 Å². The van der Waals surface area contributed by atoms with E-state index in [0.29, 0.717) is 41.5 Å². The van der Waals surface area contributed by atoms with Gasteiger partial charge in [0.25, 0.3) is 5.91 Å². The topological polar surface area (TPSA) is 84.2 Å². The zero-order valence-corrected chi connectivity index (χ0v) is 16.4. The van der Waals surface area contributed by atoms with Crippen molar-refractivity contribution in [1.29, 1.82) is 0 Å². The molecule has 1 aromatic carbocycles. The lowest BCUT2D eigenvalue weighted by Crippen LogP contribution is -2.25. The molecule has 0 bridgehead atoms. The average Bonchev–Trinajstić information content (AvgIpc) is 3.44. The van der Waals surface area contributed by atoms with Crippen molar-refractivity contribution in [1.82, 2.24) is 10.3 Å². The standard InChI is InChI=1S/C20H17N3O3S2/c24-18(6-3-8-21-19(25)14-7-9-27-11-14)23-20-22-15(12-28-20)17-10-13-4-1-2-5-16(13)26-17/h1-2,4-5,7,9-12H,3,6,8H2,(H,21,25)(H,22,23,24). The summed E-state index contributed by atoms with van der Waals surface area (Å²) in [5, 5.41) is 12.7. The minimum absolute atomic E-state index is 0.114. The SMILES string of the molecule is O=C(CCCNC(=O)c1ccsc1)Nc1nc(-c2cc3ccccc3o2)cs1. The van der Waals surface area contributed by atoms with E-state index in [-0.39, 0.29) is 11.8 Å². The summed E-state index contributed by atoms with van der Waals surface area (Å²) in [5.74, 6) is 0.432. The molecule has 3 heterocycles. The molecule has 0 unspecified atom stereocenters. The van der Waals surface area contributed by atoms with Gasteiger partial charge in [0, 0.05) is 34.7 Å². The fourth-order valence-electron chi connectivity index (χ4n) is 2.68. The molecule has 4 rings (SSSR count). The van der Waals surface area contributed by atoms with Gasteiger partial charge in [-0.2, -0.15) is 11.3 Å². The normalized spacial score (nSPS) is 10.9. The Morgan fingerprint density at radius 3 is 2.86 bits per heavy atom. The summed E-state index contributed by atoms with van der Waals surface area (Å²) in [4.78, 5) is 28.3. The van der Waals surface area contributed by atoms with Crippen LogP contribution in [0, 0.1) is 0 Å². The highest BCUT2D eigenvalue weighted by Crippen LogP contribution is 2.30. The summed E-state index contributed by atoms with van der Waals surface area (Å²) in [6.45, 7) is 0.449. The summed E-state index contributed by atoms with van der Waals surface area (Å²) in [7, 11) is 0. The highest BCUT2D eigenvalue weighted by molar-refractivity contribution is 7.14. The quantitative estimate of drug-likeness (QED) is 0.429. The molecule has 28 heavy (non-hydrogen) atoms. The third-order valence-corrected chi connectivity index (χ3v) is 5.52. The molecule has 0 atom stereocenters. The van der Waals surface area contributed by atoms with Crippen LogP contribution in [0.5, 0.6) is 0 Å². The minimum Gasteiger partial charge on any atom is -0.454 e. The number of thiazole rings is 1. The smallest absolute Gasteiger partial charge is 0.252 e. The summed E-state index contributed by atoms with van der Waals surface area (Å²) in [5.41, 5.74) is 2.15.